The van der Waals surface area contributed by atoms with Crippen LogP contribution in [0.3, 0.4) is 0 Å². The summed E-state index contributed by atoms with van der Waals surface area (Å²) in [6.07, 6.45) is 0. The predicted molar refractivity (Wildman–Crippen MR) is 105 cm³/mol. The maximum atomic E-state index is 12.2. The van der Waals surface area contributed by atoms with E-state index in [9.17, 15) is 9.59 Å². The Balaban J connectivity index is 2.85. The number of carbonyl (C=O) groups excluding carboxylic acids is 2. The van der Waals surface area contributed by atoms with Crippen molar-refractivity contribution in [2.75, 3.05) is 13.1 Å². The summed E-state index contributed by atoms with van der Waals surface area (Å²) in [5, 5.41) is 5.80. The number of hydrogen-bond donors (Lipinski definition) is 2. The molecule has 0 saturated carbocycles. The highest BCUT2D eigenvalue weighted by atomic mass is 32.2. The zero-order chi connectivity index (χ0) is 18.9. The maximum Gasteiger partial charge on any atom is 0.345 e. The van der Waals surface area contributed by atoms with Crippen LogP contribution in [0.25, 0.3) is 0 Å². The van der Waals surface area contributed by atoms with E-state index in [0.29, 0.717) is 24.0 Å². The Morgan fingerprint density at radius 1 is 1.12 bits per heavy atom. The fourth-order valence-corrected chi connectivity index (χ4v) is 2.75. The number of rotatable bonds is 4. The van der Waals surface area contributed by atoms with E-state index in [1.54, 1.807) is 4.90 Å². The zero-order valence-electron chi connectivity index (χ0n) is 15.6. The maximum absolute atomic E-state index is 12.2. The first-order valence-electron chi connectivity index (χ1n) is 8.38. The SMILES string of the molecule is CCN(CC)C(=O)N=C(NC(=O)NC(C)(C)C)SCc1ccccc1. The lowest BCUT2D eigenvalue weighted by Crippen LogP contribution is -2.48. The molecule has 0 spiro atoms. The molecule has 1 rings (SSSR count). The van der Waals surface area contributed by atoms with Crippen molar-refractivity contribution in [3.05, 3.63) is 35.9 Å². The molecule has 1 aromatic carbocycles. The molecule has 0 fully saturated rings. The van der Waals surface area contributed by atoms with Crippen LogP contribution >= 0.6 is 11.8 Å². The minimum Gasteiger partial charge on any atom is -0.333 e. The fraction of sp³-hybridized carbons (Fsp3) is 0.500. The summed E-state index contributed by atoms with van der Waals surface area (Å²) in [4.78, 5) is 30.1. The second-order valence-corrected chi connectivity index (χ2v) is 7.44. The van der Waals surface area contributed by atoms with Crippen LogP contribution in [-0.2, 0) is 5.75 Å². The Morgan fingerprint density at radius 2 is 1.72 bits per heavy atom. The normalized spacial score (nSPS) is 11.8. The van der Waals surface area contributed by atoms with Gasteiger partial charge in [0, 0.05) is 24.4 Å². The molecule has 0 aliphatic carbocycles. The number of urea groups is 2. The second-order valence-electron chi connectivity index (χ2n) is 6.48. The highest BCUT2D eigenvalue weighted by molar-refractivity contribution is 8.13. The van der Waals surface area contributed by atoms with Crippen LogP contribution in [0.5, 0.6) is 0 Å². The number of carbonyl (C=O) groups is 2. The molecule has 2 N–H and O–H groups in total. The predicted octanol–water partition coefficient (Wildman–Crippen LogP) is 3.84. The second kappa shape index (κ2) is 10.1. The molecular formula is C18H28N4O2S. The van der Waals surface area contributed by atoms with Gasteiger partial charge in [-0.05, 0) is 40.2 Å². The van der Waals surface area contributed by atoms with Gasteiger partial charge in [0.05, 0.1) is 0 Å². The van der Waals surface area contributed by atoms with Crippen LogP contribution in [0.4, 0.5) is 9.59 Å². The number of aliphatic imine (C=N–C) groups is 1. The largest absolute Gasteiger partial charge is 0.345 e. The third kappa shape index (κ3) is 8.58. The highest BCUT2D eigenvalue weighted by Gasteiger charge is 2.17. The highest BCUT2D eigenvalue weighted by Crippen LogP contribution is 2.13. The minimum atomic E-state index is -0.376. The molecule has 0 unspecified atom stereocenters. The Kier molecular flexibility index (Phi) is 8.48. The first-order valence-corrected chi connectivity index (χ1v) is 9.37. The van der Waals surface area contributed by atoms with Crippen LogP contribution < -0.4 is 10.6 Å². The summed E-state index contributed by atoms with van der Waals surface area (Å²) in [7, 11) is 0. The molecule has 0 heterocycles. The van der Waals surface area contributed by atoms with Gasteiger partial charge in [-0.25, -0.2) is 9.59 Å². The average Bonchev–Trinajstić information content (AvgIpc) is 2.53. The van der Waals surface area contributed by atoms with E-state index in [1.165, 1.54) is 11.8 Å². The monoisotopic (exact) mass is 364 g/mol. The van der Waals surface area contributed by atoms with Gasteiger partial charge in [0.2, 0.25) is 0 Å². The van der Waals surface area contributed by atoms with Crippen LogP contribution in [0.15, 0.2) is 35.3 Å². The average molecular weight is 365 g/mol. The van der Waals surface area contributed by atoms with Gasteiger partial charge in [-0.2, -0.15) is 4.99 Å². The summed E-state index contributed by atoms with van der Waals surface area (Å²) >= 11 is 1.33. The molecule has 0 atom stereocenters. The van der Waals surface area contributed by atoms with Gasteiger partial charge in [0.1, 0.15) is 0 Å². The van der Waals surface area contributed by atoms with Gasteiger partial charge < -0.3 is 10.2 Å². The van der Waals surface area contributed by atoms with Crippen molar-refractivity contribution in [1.29, 1.82) is 0 Å². The van der Waals surface area contributed by atoms with E-state index in [4.69, 9.17) is 0 Å². The van der Waals surface area contributed by atoms with Gasteiger partial charge >= 0.3 is 12.1 Å². The third-order valence-electron chi connectivity index (χ3n) is 3.16. The van der Waals surface area contributed by atoms with Gasteiger partial charge in [0.25, 0.3) is 0 Å². The van der Waals surface area contributed by atoms with Crippen LogP contribution in [0.1, 0.15) is 40.2 Å². The van der Waals surface area contributed by atoms with Crippen molar-refractivity contribution in [3.8, 4) is 0 Å². The first kappa shape index (κ1) is 21.0. The molecular weight excluding hydrogens is 336 g/mol. The lowest BCUT2D eigenvalue weighted by Gasteiger charge is -2.21. The standard InChI is InChI=1S/C18H28N4O2S/c1-6-22(7-2)17(24)20-16(19-15(23)21-18(3,4)5)25-13-14-11-9-8-10-12-14/h8-12H,6-7,13H2,1-5H3,(H2,19,20,21,23,24). The van der Waals surface area contributed by atoms with E-state index in [2.05, 4.69) is 15.6 Å². The number of hydrogen-bond acceptors (Lipinski definition) is 3. The molecule has 6 nitrogen and oxygen atoms in total. The Hall–Kier alpha value is -2.02. The van der Waals surface area contributed by atoms with Gasteiger partial charge in [-0.3, -0.25) is 5.32 Å². The van der Waals surface area contributed by atoms with Gasteiger partial charge in [-0.1, -0.05) is 42.1 Å². The number of amides is 4. The summed E-state index contributed by atoms with van der Waals surface area (Å²) < 4.78 is 0. The first-order chi connectivity index (χ1) is 11.7. The zero-order valence-corrected chi connectivity index (χ0v) is 16.4. The van der Waals surface area contributed by atoms with Crippen molar-refractivity contribution in [1.82, 2.24) is 15.5 Å². The van der Waals surface area contributed by atoms with E-state index in [0.717, 1.165) is 5.56 Å². The van der Waals surface area contributed by atoms with E-state index in [1.807, 2.05) is 65.0 Å². The molecule has 25 heavy (non-hydrogen) atoms. The van der Waals surface area contributed by atoms with Crippen LogP contribution in [0.2, 0.25) is 0 Å². The van der Waals surface area contributed by atoms with E-state index >= 15 is 0 Å². The summed E-state index contributed by atoms with van der Waals surface area (Å²) in [6, 6.07) is 9.11. The molecule has 0 radical (unpaired) electrons. The van der Waals surface area contributed by atoms with Gasteiger partial charge in [0.15, 0.2) is 5.17 Å². The van der Waals surface area contributed by atoms with Crippen molar-refractivity contribution in [3.63, 3.8) is 0 Å². The minimum absolute atomic E-state index is 0.294. The van der Waals surface area contributed by atoms with Crippen molar-refractivity contribution in [2.24, 2.45) is 4.99 Å². The Bertz CT molecular complexity index is 593. The van der Waals surface area contributed by atoms with Crippen LogP contribution in [0, 0.1) is 0 Å². The van der Waals surface area contributed by atoms with Crippen molar-refractivity contribution >= 4 is 29.0 Å². The number of benzene rings is 1. The van der Waals surface area contributed by atoms with Crippen molar-refractivity contribution in [2.45, 2.75) is 45.9 Å². The molecule has 138 valence electrons. The summed E-state index contributed by atoms with van der Waals surface area (Å²) in [6.45, 7) is 10.6. The third-order valence-corrected chi connectivity index (χ3v) is 4.10. The smallest absolute Gasteiger partial charge is 0.333 e. The molecule has 0 aliphatic heterocycles. The molecule has 0 bridgehead atoms. The van der Waals surface area contributed by atoms with Gasteiger partial charge in [-0.15, -0.1) is 0 Å². The molecule has 0 aromatic heterocycles. The van der Waals surface area contributed by atoms with Crippen molar-refractivity contribution < 1.29 is 9.59 Å². The molecule has 1 aromatic rings. The summed E-state index contributed by atoms with van der Waals surface area (Å²) in [5.41, 5.74) is 0.718. The number of amidine groups is 1. The fourth-order valence-electron chi connectivity index (χ4n) is 1.94. The van der Waals surface area contributed by atoms with E-state index < -0.39 is 0 Å². The number of nitrogens with one attached hydrogen (secondary N) is 2. The lowest BCUT2D eigenvalue weighted by atomic mass is 10.1. The van der Waals surface area contributed by atoms with Crippen LogP contribution in [-0.4, -0.2) is 40.8 Å². The molecule has 0 saturated heterocycles. The lowest BCUT2D eigenvalue weighted by molar-refractivity contribution is 0.213. The topological polar surface area (TPSA) is 73.8 Å². The van der Waals surface area contributed by atoms with E-state index in [-0.39, 0.29) is 17.6 Å². The number of thioether (sulfide) groups is 1. The summed E-state index contributed by atoms with van der Waals surface area (Å²) in [5.74, 6) is 0.612. The quantitative estimate of drug-likeness (QED) is 0.630. The molecule has 0 aliphatic rings. The molecule has 7 heteroatoms. The Labute approximate surface area is 154 Å². The molecule has 4 amide bonds. The Morgan fingerprint density at radius 3 is 2.24 bits per heavy atom. The number of nitrogens with zero attached hydrogens (tertiary/aromatic N) is 2.